The summed E-state index contributed by atoms with van der Waals surface area (Å²) in [5.74, 6) is -0.929. The van der Waals surface area contributed by atoms with E-state index in [9.17, 15) is 9.18 Å². The second kappa shape index (κ2) is 5.05. The van der Waals surface area contributed by atoms with Crippen LogP contribution in [0.3, 0.4) is 0 Å². The van der Waals surface area contributed by atoms with E-state index in [-0.39, 0.29) is 5.56 Å². The average Bonchev–Trinajstić information content (AvgIpc) is 2.29. The van der Waals surface area contributed by atoms with Gasteiger partial charge in [0, 0.05) is 16.4 Å². The van der Waals surface area contributed by atoms with E-state index in [2.05, 4.69) is 26.2 Å². The molecule has 1 N–H and O–H groups in total. The molecule has 17 heavy (non-hydrogen) atoms. The number of hydrogen-bond donors (Lipinski definition) is 1. The predicted octanol–water partition coefficient (Wildman–Crippen LogP) is 3.24. The minimum Gasteiger partial charge on any atom is -0.322 e. The summed E-state index contributed by atoms with van der Waals surface area (Å²) in [7, 11) is 0. The molecule has 0 saturated carbocycles. The van der Waals surface area contributed by atoms with Crippen molar-refractivity contribution >= 4 is 27.5 Å². The molecule has 2 rings (SSSR count). The molecule has 0 radical (unpaired) electrons. The highest BCUT2D eigenvalue weighted by Crippen LogP contribution is 2.16. The molecule has 1 heterocycles. The van der Waals surface area contributed by atoms with Gasteiger partial charge in [0.05, 0.1) is 11.8 Å². The smallest absolute Gasteiger partial charge is 0.257 e. The number of anilines is 1. The van der Waals surface area contributed by atoms with Crippen molar-refractivity contribution in [1.29, 1.82) is 0 Å². The summed E-state index contributed by atoms with van der Waals surface area (Å²) in [6, 6.07) is 8.28. The highest BCUT2D eigenvalue weighted by Gasteiger charge is 2.07. The Kier molecular flexibility index (Phi) is 3.49. The third kappa shape index (κ3) is 3.10. The maximum atomic E-state index is 12.9. The minimum absolute atomic E-state index is 0.185. The minimum atomic E-state index is -0.535. The lowest BCUT2D eigenvalue weighted by atomic mass is 10.2. The molecule has 0 aliphatic rings. The number of nitrogens with zero attached hydrogens (tertiary/aromatic N) is 1. The third-order valence-corrected chi connectivity index (χ3v) is 2.54. The molecule has 0 spiro atoms. The Bertz CT molecular complexity index is 560. The van der Waals surface area contributed by atoms with Gasteiger partial charge >= 0.3 is 0 Å². The zero-order valence-electron chi connectivity index (χ0n) is 8.65. The van der Waals surface area contributed by atoms with Crippen LogP contribution in [-0.2, 0) is 0 Å². The lowest BCUT2D eigenvalue weighted by Gasteiger charge is -2.05. The third-order valence-electron chi connectivity index (χ3n) is 2.05. The first kappa shape index (κ1) is 11.7. The fraction of sp³-hybridized carbons (Fsp3) is 0. The molecule has 2 aromatic rings. The molecule has 0 bridgehead atoms. The lowest BCUT2D eigenvalue weighted by molar-refractivity contribution is 0.102. The van der Waals surface area contributed by atoms with E-state index < -0.39 is 11.7 Å². The number of aromatic nitrogens is 1. The van der Waals surface area contributed by atoms with Crippen LogP contribution in [0.5, 0.6) is 0 Å². The second-order valence-corrected chi connectivity index (χ2v) is 4.27. The van der Waals surface area contributed by atoms with Gasteiger partial charge < -0.3 is 5.32 Å². The number of hydrogen-bond acceptors (Lipinski definition) is 2. The summed E-state index contributed by atoms with van der Waals surface area (Å²) < 4.78 is 13.7. The molecule has 3 nitrogen and oxygen atoms in total. The molecule has 0 aliphatic carbocycles. The maximum absolute atomic E-state index is 12.9. The van der Waals surface area contributed by atoms with Gasteiger partial charge in [-0.3, -0.25) is 9.78 Å². The fourth-order valence-electron chi connectivity index (χ4n) is 1.31. The average molecular weight is 295 g/mol. The molecule has 1 aromatic carbocycles. The number of rotatable bonds is 2. The Labute approximate surface area is 106 Å². The van der Waals surface area contributed by atoms with Gasteiger partial charge in [-0.15, -0.1) is 0 Å². The van der Waals surface area contributed by atoms with Crippen LogP contribution in [0, 0.1) is 5.82 Å². The molecule has 5 heteroatoms. The van der Waals surface area contributed by atoms with Gasteiger partial charge in [-0.25, -0.2) is 4.39 Å². The van der Waals surface area contributed by atoms with E-state index in [0.717, 1.165) is 16.7 Å². The summed E-state index contributed by atoms with van der Waals surface area (Å²) >= 11 is 3.30. The topological polar surface area (TPSA) is 42.0 Å². The van der Waals surface area contributed by atoms with E-state index in [4.69, 9.17) is 0 Å². The van der Waals surface area contributed by atoms with Crippen LogP contribution >= 0.6 is 15.9 Å². The zero-order valence-corrected chi connectivity index (χ0v) is 10.2. The molecular weight excluding hydrogens is 287 g/mol. The van der Waals surface area contributed by atoms with Crippen molar-refractivity contribution in [3.63, 3.8) is 0 Å². The van der Waals surface area contributed by atoms with Gasteiger partial charge in [-0.1, -0.05) is 22.0 Å². The van der Waals surface area contributed by atoms with E-state index in [1.165, 1.54) is 6.20 Å². The normalized spacial score (nSPS) is 10.0. The van der Waals surface area contributed by atoms with Crippen LogP contribution in [0.25, 0.3) is 0 Å². The van der Waals surface area contributed by atoms with Crippen molar-refractivity contribution in [2.75, 3.05) is 5.32 Å². The monoisotopic (exact) mass is 294 g/mol. The Morgan fingerprint density at radius 3 is 2.82 bits per heavy atom. The summed E-state index contributed by atoms with van der Waals surface area (Å²) in [6.07, 6.45) is 2.37. The molecule has 0 fully saturated rings. The van der Waals surface area contributed by atoms with Crippen LogP contribution < -0.4 is 5.32 Å². The fourth-order valence-corrected chi connectivity index (χ4v) is 1.70. The Morgan fingerprint density at radius 1 is 1.29 bits per heavy atom. The van der Waals surface area contributed by atoms with Crippen LogP contribution in [0.1, 0.15) is 10.4 Å². The van der Waals surface area contributed by atoms with Gasteiger partial charge in [0.2, 0.25) is 0 Å². The van der Waals surface area contributed by atoms with Crippen LogP contribution in [-0.4, -0.2) is 10.9 Å². The van der Waals surface area contributed by atoms with Gasteiger partial charge in [0.25, 0.3) is 5.91 Å². The van der Waals surface area contributed by atoms with Crippen molar-refractivity contribution in [3.8, 4) is 0 Å². The number of pyridine rings is 1. The molecule has 86 valence electrons. The number of amides is 1. The van der Waals surface area contributed by atoms with E-state index in [1.54, 1.807) is 18.2 Å². The van der Waals surface area contributed by atoms with Gasteiger partial charge in [-0.2, -0.15) is 0 Å². The first-order chi connectivity index (χ1) is 8.15. The first-order valence-corrected chi connectivity index (χ1v) is 5.62. The highest BCUT2D eigenvalue weighted by molar-refractivity contribution is 9.10. The lowest BCUT2D eigenvalue weighted by Crippen LogP contribution is -2.12. The number of halogens is 2. The number of benzene rings is 1. The number of carbonyl (C=O) groups is 1. The van der Waals surface area contributed by atoms with Crippen molar-refractivity contribution in [2.24, 2.45) is 0 Å². The molecule has 1 aromatic heterocycles. The van der Waals surface area contributed by atoms with Crippen molar-refractivity contribution in [2.45, 2.75) is 0 Å². The molecular formula is C12H8BrFN2O. The zero-order chi connectivity index (χ0) is 12.3. The van der Waals surface area contributed by atoms with E-state index in [1.807, 2.05) is 6.07 Å². The van der Waals surface area contributed by atoms with Crippen LogP contribution in [0.4, 0.5) is 10.1 Å². The Hall–Kier alpha value is -1.75. The Morgan fingerprint density at radius 2 is 2.12 bits per heavy atom. The quantitative estimate of drug-likeness (QED) is 0.924. The van der Waals surface area contributed by atoms with Crippen LogP contribution in [0.15, 0.2) is 47.2 Å². The molecule has 0 aliphatic heterocycles. The first-order valence-electron chi connectivity index (χ1n) is 4.82. The van der Waals surface area contributed by atoms with Gasteiger partial charge in [0.1, 0.15) is 5.82 Å². The molecule has 0 saturated heterocycles. The standard InChI is InChI=1S/C12H8BrFN2O/c13-9-2-1-3-11(5-9)16-12(17)8-4-10(14)7-15-6-8/h1-7H,(H,16,17). The van der Waals surface area contributed by atoms with Crippen molar-refractivity contribution in [1.82, 2.24) is 4.98 Å². The van der Waals surface area contributed by atoms with E-state index >= 15 is 0 Å². The summed E-state index contributed by atoms with van der Waals surface area (Å²) in [4.78, 5) is 15.4. The second-order valence-electron chi connectivity index (χ2n) is 3.36. The summed E-state index contributed by atoms with van der Waals surface area (Å²) in [6.45, 7) is 0. The molecule has 0 unspecified atom stereocenters. The van der Waals surface area contributed by atoms with Gasteiger partial charge in [-0.05, 0) is 24.3 Å². The number of carbonyl (C=O) groups excluding carboxylic acids is 1. The maximum Gasteiger partial charge on any atom is 0.257 e. The van der Waals surface area contributed by atoms with Crippen LogP contribution in [0.2, 0.25) is 0 Å². The summed E-state index contributed by atoms with van der Waals surface area (Å²) in [5.41, 5.74) is 0.818. The van der Waals surface area contributed by atoms with Crippen molar-refractivity contribution < 1.29 is 9.18 Å². The molecule has 0 atom stereocenters. The largest absolute Gasteiger partial charge is 0.322 e. The Balaban J connectivity index is 2.17. The van der Waals surface area contributed by atoms with Gasteiger partial charge in [0.15, 0.2) is 0 Å². The number of nitrogens with one attached hydrogen (secondary N) is 1. The van der Waals surface area contributed by atoms with Crippen molar-refractivity contribution in [3.05, 3.63) is 58.6 Å². The highest BCUT2D eigenvalue weighted by atomic mass is 79.9. The molecule has 1 amide bonds. The summed E-state index contributed by atoms with van der Waals surface area (Å²) in [5, 5.41) is 2.65. The predicted molar refractivity (Wildman–Crippen MR) is 66.3 cm³/mol. The SMILES string of the molecule is O=C(Nc1cccc(Br)c1)c1cncc(F)c1. The van der Waals surface area contributed by atoms with E-state index in [0.29, 0.717) is 5.69 Å².